The molecule has 3 aromatic carbocycles. The SMILES string of the molecule is CN(C)CCOc1ccc(CC2c3ccccc3-c3ccccc32)cc1. The normalized spacial score (nSPS) is 12.9. The third-order valence-corrected chi connectivity index (χ3v) is 5.13. The van der Waals surface area contributed by atoms with Crippen LogP contribution < -0.4 is 4.74 Å². The van der Waals surface area contributed by atoms with Gasteiger partial charge in [0, 0.05) is 12.5 Å². The average molecular weight is 343 g/mol. The predicted molar refractivity (Wildman–Crippen MR) is 108 cm³/mol. The van der Waals surface area contributed by atoms with Crippen LogP contribution in [0.25, 0.3) is 11.1 Å². The fraction of sp³-hybridized carbons (Fsp3) is 0.250. The number of hydrogen-bond acceptors (Lipinski definition) is 2. The van der Waals surface area contributed by atoms with E-state index in [0.717, 1.165) is 25.3 Å². The second kappa shape index (κ2) is 7.35. The lowest BCUT2D eigenvalue weighted by Gasteiger charge is -2.15. The number of hydrogen-bond donors (Lipinski definition) is 0. The molecule has 0 fully saturated rings. The van der Waals surface area contributed by atoms with E-state index in [2.05, 4.69) is 91.8 Å². The Hall–Kier alpha value is -2.58. The largest absolute Gasteiger partial charge is 0.492 e. The molecule has 2 heteroatoms. The molecule has 0 amide bonds. The number of rotatable bonds is 6. The molecule has 26 heavy (non-hydrogen) atoms. The first-order chi connectivity index (χ1) is 12.7. The van der Waals surface area contributed by atoms with Gasteiger partial charge in [0.25, 0.3) is 0 Å². The van der Waals surface area contributed by atoms with Crippen molar-refractivity contribution in [1.29, 1.82) is 0 Å². The van der Waals surface area contributed by atoms with Crippen LogP contribution in [0.2, 0.25) is 0 Å². The number of benzene rings is 3. The van der Waals surface area contributed by atoms with Crippen LogP contribution in [-0.4, -0.2) is 32.1 Å². The lowest BCUT2D eigenvalue weighted by atomic mass is 9.90. The molecule has 0 heterocycles. The second-order valence-corrected chi connectivity index (χ2v) is 7.23. The Morgan fingerprint density at radius 1 is 0.769 bits per heavy atom. The van der Waals surface area contributed by atoms with Crippen LogP contribution in [-0.2, 0) is 6.42 Å². The highest BCUT2D eigenvalue weighted by Gasteiger charge is 2.27. The smallest absolute Gasteiger partial charge is 0.119 e. The molecule has 1 aliphatic rings. The first-order valence-electron chi connectivity index (χ1n) is 9.27. The van der Waals surface area contributed by atoms with Crippen molar-refractivity contribution in [2.24, 2.45) is 0 Å². The fourth-order valence-corrected chi connectivity index (χ4v) is 3.78. The van der Waals surface area contributed by atoms with E-state index in [1.54, 1.807) is 0 Å². The zero-order chi connectivity index (χ0) is 17.9. The molecule has 0 saturated carbocycles. The summed E-state index contributed by atoms with van der Waals surface area (Å²) in [5, 5.41) is 0. The van der Waals surface area contributed by atoms with Gasteiger partial charge in [0.1, 0.15) is 12.4 Å². The summed E-state index contributed by atoms with van der Waals surface area (Å²) >= 11 is 0. The van der Waals surface area contributed by atoms with Gasteiger partial charge in [-0.25, -0.2) is 0 Å². The van der Waals surface area contributed by atoms with Gasteiger partial charge in [0.2, 0.25) is 0 Å². The number of fused-ring (bicyclic) bond motifs is 3. The summed E-state index contributed by atoms with van der Waals surface area (Å²) < 4.78 is 5.81. The van der Waals surface area contributed by atoms with E-state index >= 15 is 0 Å². The van der Waals surface area contributed by atoms with Crippen molar-refractivity contribution < 1.29 is 4.74 Å². The van der Waals surface area contributed by atoms with Crippen LogP contribution >= 0.6 is 0 Å². The molecule has 0 radical (unpaired) electrons. The minimum atomic E-state index is 0.433. The van der Waals surface area contributed by atoms with Crippen molar-refractivity contribution >= 4 is 0 Å². The Morgan fingerprint density at radius 3 is 1.92 bits per heavy atom. The highest BCUT2D eigenvalue weighted by molar-refractivity contribution is 5.78. The van der Waals surface area contributed by atoms with Gasteiger partial charge in [0.05, 0.1) is 0 Å². The molecule has 4 rings (SSSR count). The van der Waals surface area contributed by atoms with E-state index in [4.69, 9.17) is 4.74 Å². The summed E-state index contributed by atoms with van der Waals surface area (Å²) in [6, 6.07) is 26.2. The fourth-order valence-electron chi connectivity index (χ4n) is 3.78. The van der Waals surface area contributed by atoms with E-state index in [-0.39, 0.29) is 0 Å². The molecule has 1 aliphatic carbocycles. The molecule has 3 aromatic rings. The van der Waals surface area contributed by atoms with Crippen molar-refractivity contribution in [3.05, 3.63) is 89.5 Å². The van der Waals surface area contributed by atoms with Crippen molar-refractivity contribution in [3.63, 3.8) is 0 Å². The summed E-state index contributed by atoms with van der Waals surface area (Å²) in [5.74, 6) is 1.38. The maximum Gasteiger partial charge on any atom is 0.119 e. The van der Waals surface area contributed by atoms with Crippen molar-refractivity contribution in [2.45, 2.75) is 12.3 Å². The monoisotopic (exact) mass is 343 g/mol. The van der Waals surface area contributed by atoms with Gasteiger partial charge in [-0.05, 0) is 60.5 Å². The lowest BCUT2D eigenvalue weighted by Crippen LogP contribution is -2.19. The van der Waals surface area contributed by atoms with E-state index < -0.39 is 0 Å². The Labute approximate surface area is 156 Å². The summed E-state index contributed by atoms with van der Waals surface area (Å²) in [7, 11) is 4.12. The number of nitrogens with zero attached hydrogens (tertiary/aromatic N) is 1. The molecule has 0 aliphatic heterocycles. The van der Waals surface area contributed by atoms with Gasteiger partial charge >= 0.3 is 0 Å². The molecular weight excluding hydrogens is 318 g/mol. The van der Waals surface area contributed by atoms with Crippen LogP contribution in [0.15, 0.2) is 72.8 Å². The molecule has 0 saturated heterocycles. The van der Waals surface area contributed by atoms with E-state index in [1.807, 2.05) is 0 Å². The summed E-state index contributed by atoms with van der Waals surface area (Å²) in [6.45, 7) is 1.65. The Balaban J connectivity index is 1.52. The van der Waals surface area contributed by atoms with Gasteiger partial charge in [-0.2, -0.15) is 0 Å². The predicted octanol–water partition coefficient (Wildman–Crippen LogP) is 4.98. The average Bonchev–Trinajstić information content (AvgIpc) is 2.97. The first kappa shape index (κ1) is 16.9. The van der Waals surface area contributed by atoms with Crippen LogP contribution in [0.3, 0.4) is 0 Å². The minimum absolute atomic E-state index is 0.433. The Kier molecular flexibility index (Phi) is 4.77. The molecule has 0 unspecified atom stereocenters. The van der Waals surface area contributed by atoms with Crippen molar-refractivity contribution in [2.75, 3.05) is 27.2 Å². The third-order valence-electron chi connectivity index (χ3n) is 5.13. The van der Waals surface area contributed by atoms with Crippen LogP contribution in [0, 0.1) is 0 Å². The van der Waals surface area contributed by atoms with Gasteiger partial charge < -0.3 is 9.64 Å². The van der Waals surface area contributed by atoms with Gasteiger partial charge in [-0.15, -0.1) is 0 Å². The van der Waals surface area contributed by atoms with E-state index in [9.17, 15) is 0 Å². The quantitative estimate of drug-likeness (QED) is 0.626. The van der Waals surface area contributed by atoms with Gasteiger partial charge in [-0.1, -0.05) is 60.7 Å². The topological polar surface area (TPSA) is 12.5 Å². The molecule has 0 N–H and O–H groups in total. The molecular formula is C24H25NO. The highest BCUT2D eigenvalue weighted by atomic mass is 16.5. The first-order valence-corrected chi connectivity index (χ1v) is 9.27. The van der Waals surface area contributed by atoms with Gasteiger partial charge in [0.15, 0.2) is 0 Å². The van der Waals surface area contributed by atoms with E-state index in [0.29, 0.717) is 5.92 Å². The molecule has 0 atom stereocenters. The maximum absolute atomic E-state index is 5.81. The standard InChI is InChI=1S/C24H25NO/c1-25(2)15-16-26-19-13-11-18(12-14-19)17-24-22-9-5-3-7-20(22)21-8-4-6-10-23(21)24/h3-14,24H,15-17H2,1-2H3. The zero-order valence-corrected chi connectivity index (χ0v) is 15.5. The highest BCUT2D eigenvalue weighted by Crippen LogP contribution is 2.45. The summed E-state index contributed by atoms with van der Waals surface area (Å²) in [5.41, 5.74) is 7.01. The molecule has 0 aromatic heterocycles. The minimum Gasteiger partial charge on any atom is -0.492 e. The van der Waals surface area contributed by atoms with Crippen LogP contribution in [0.5, 0.6) is 5.75 Å². The van der Waals surface area contributed by atoms with Crippen molar-refractivity contribution in [3.8, 4) is 16.9 Å². The Bertz CT molecular complexity index is 837. The molecule has 0 bridgehead atoms. The van der Waals surface area contributed by atoms with E-state index in [1.165, 1.54) is 27.8 Å². The third kappa shape index (κ3) is 3.38. The van der Waals surface area contributed by atoms with Crippen LogP contribution in [0.4, 0.5) is 0 Å². The van der Waals surface area contributed by atoms with Crippen molar-refractivity contribution in [1.82, 2.24) is 4.90 Å². The zero-order valence-electron chi connectivity index (χ0n) is 15.5. The Morgan fingerprint density at radius 2 is 1.35 bits per heavy atom. The summed E-state index contributed by atoms with van der Waals surface area (Å²) in [6.07, 6.45) is 1.02. The lowest BCUT2D eigenvalue weighted by molar-refractivity contribution is 0.261. The number of likely N-dealkylation sites (N-methyl/N-ethyl adjacent to an activating group) is 1. The van der Waals surface area contributed by atoms with Gasteiger partial charge in [-0.3, -0.25) is 0 Å². The van der Waals surface area contributed by atoms with Crippen LogP contribution in [0.1, 0.15) is 22.6 Å². The number of ether oxygens (including phenoxy) is 1. The molecule has 0 spiro atoms. The molecule has 2 nitrogen and oxygen atoms in total. The summed E-state index contributed by atoms with van der Waals surface area (Å²) in [4.78, 5) is 2.13. The molecule has 132 valence electrons. The second-order valence-electron chi connectivity index (χ2n) is 7.23. The maximum atomic E-state index is 5.81.